The Labute approximate surface area is 287 Å². The van der Waals surface area contributed by atoms with Gasteiger partial charge in [-0.25, -0.2) is 19.4 Å². The standard InChI is InChI=1S/C34H36ClF2N7O5/c1-34(2,3)31-30(45)27(32(46)41-24-7-6-21(35)15-23(24)25-16-22(17-38)39-19-40-25)33(47)44(42(31)4)18-20-5-8-26(29(37)28(20)36)49-14-11-43-9-12-48-13-10-43/h5-8,15-16,19,31,45H,9-14,18H2,1-4H3,(H,41,46)/t31-/m1/s1. The number of nitriles is 1. The maximum absolute atomic E-state index is 15.5. The molecular weight excluding hydrogens is 660 g/mol. The van der Waals surface area contributed by atoms with Gasteiger partial charge in [-0.15, -0.1) is 0 Å². The Kier molecular flexibility index (Phi) is 10.8. The highest BCUT2D eigenvalue weighted by atomic mass is 35.5. The number of hydrazine groups is 1. The van der Waals surface area contributed by atoms with Crippen LogP contribution in [-0.2, 0) is 20.9 Å². The van der Waals surface area contributed by atoms with Gasteiger partial charge in [0.2, 0.25) is 5.82 Å². The van der Waals surface area contributed by atoms with Crippen LogP contribution in [0, 0.1) is 28.4 Å². The zero-order valence-electron chi connectivity index (χ0n) is 27.5. The highest BCUT2D eigenvalue weighted by Crippen LogP contribution is 2.37. The molecule has 258 valence electrons. The SMILES string of the molecule is CN1[C@@H](C(C)(C)C)C(O)=C(C(=O)Nc2ccc(Cl)cc2-c2cc(C#N)ncn2)C(=O)N1Cc1ccc(OCCN2CCOCC2)c(F)c1F. The van der Waals surface area contributed by atoms with E-state index in [-0.39, 0.29) is 35.0 Å². The summed E-state index contributed by atoms with van der Waals surface area (Å²) < 4.78 is 41.5. The molecule has 2 N–H and O–H groups in total. The molecule has 0 radical (unpaired) electrons. The summed E-state index contributed by atoms with van der Waals surface area (Å²) in [4.78, 5) is 38.0. The van der Waals surface area contributed by atoms with Crippen LogP contribution in [-0.4, -0.2) is 94.4 Å². The number of amides is 2. The second-order valence-corrected chi connectivity index (χ2v) is 13.1. The van der Waals surface area contributed by atoms with Crippen LogP contribution in [0.2, 0.25) is 5.02 Å². The van der Waals surface area contributed by atoms with Crippen molar-refractivity contribution in [2.75, 3.05) is 51.8 Å². The minimum Gasteiger partial charge on any atom is -0.509 e. The molecule has 5 rings (SSSR count). The maximum atomic E-state index is 15.5. The number of anilines is 1. The first kappa shape index (κ1) is 35.6. The topological polar surface area (TPSA) is 144 Å². The fourth-order valence-electron chi connectivity index (χ4n) is 5.87. The fourth-order valence-corrected chi connectivity index (χ4v) is 6.04. The first-order chi connectivity index (χ1) is 23.3. The minimum atomic E-state index is -1.20. The van der Waals surface area contributed by atoms with Crippen LogP contribution in [0.1, 0.15) is 32.0 Å². The van der Waals surface area contributed by atoms with Crippen molar-refractivity contribution >= 4 is 29.1 Å². The van der Waals surface area contributed by atoms with E-state index in [9.17, 15) is 20.0 Å². The second kappa shape index (κ2) is 14.8. The number of likely N-dealkylation sites (N-methyl/N-ethyl adjacent to an activating group) is 1. The van der Waals surface area contributed by atoms with E-state index in [0.717, 1.165) is 18.1 Å². The number of nitrogens with zero attached hydrogens (tertiary/aromatic N) is 6. The summed E-state index contributed by atoms with van der Waals surface area (Å²) in [6.07, 6.45) is 1.19. The van der Waals surface area contributed by atoms with E-state index in [1.807, 2.05) is 6.07 Å². The molecule has 1 atom stereocenters. The normalized spacial score (nSPS) is 17.6. The van der Waals surface area contributed by atoms with E-state index < -0.39 is 52.8 Å². The Morgan fingerprint density at radius 3 is 2.59 bits per heavy atom. The van der Waals surface area contributed by atoms with Crippen molar-refractivity contribution in [3.05, 3.63) is 82.0 Å². The van der Waals surface area contributed by atoms with Gasteiger partial charge in [0.25, 0.3) is 11.8 Å². The molecule has 49 heavy (non-hydrogen) atoms. The number of ether oxygens (including phenoxy) is 2. The van der Waals surface area contributed by atoms with Gasteiger partial charge in [0.15, 0.2) is 11.6 Å². The number of benzene rings is 2. The van der Waals surface area contributed by atoms with Crippen molar-refractivity contribution in [3.8, 4) is 23.1 Å². The van der Waals surface area contributed by atoms with Gasteiger partial charge in [0.1, 0.15) is 36.0 Å². The summed E-state index contributed by atoms with van der Waals surface area (Å²) in [5, 5.41) is 26.2. The molecule has 1 saturated heterocycles. The fraction of sp³-hybridized carbons (Fsp3) is 0.382. The molecule has 0 saturated carbocycles. The second-order valence-electron chi connectivity index (χ2n) is 12.7. The minimum absolute atomic E-state index is 0.0769. The summed E-state index contributed by atoms with van der Waals surface area (Å²) in [5.74, 6) is -5.04. The molecule has 15 heteroatoms. The number of halogens is 3. The first-order valence-corrected chi connectivity index (χ1v) is 15.9. The summed E-state index contributed by atoms with van der Waals surface area (Å²) in [6.45, 7) is 8.27. The van der Waals surface area contributed by atoms with Crippen molar-refractivity contribution in [2.24, 2.45) is 5.41 Å². The predicted octanol–water partition coefficient (Wildman–Crippen LogP) is 4.71. The van der Waals surface area contributed by atoms with Crippen molar-refractivity contribution in [2.45, 2.75) is 33.4 Å². The van der Waals surface area contributed by atoms with E-state index in [0.29, 0.717) is 30.3 Å². The number of hydrogen-bond donors (Lipinski definition) is 2. The lowest BCUT2D eigenvalue weighted by molar-refractivity contribution is -0.158. The van der Waals surface area contributed by atoms with Gasteiger partial charge in [0, 0.05) is 48.9 Å². The van der Waals surface area contributed by atoms with E-state index >= 15 is 8.78 Å². The largest absolute Gasteiger partial charge is 0.509 e. The van der Waals surface area contributed by atoms with Gasteiger partial charge in [-0.2, -0.15) is 9.65 Å². The highest BCUT2D eigenvalue weighted by Gasteiger charge is 2.46. The molecule has 3 heterocycles. The predicted molar refractivity (Wildman–Crippen MR) is 176 cm³/mol. The Morgan fingerprint density at radius 1 is 1.16 bits per heavy atom. The Hall–Kier alpha value is -4.68. The molecule has 2 aliphatic rings. The third kappa shape index (κ3) is 7.81. The first-order valence-electron chi connectivity index (χ1n) is 15.5. The Morgan fingerprint density at radius 2 is 1.90 bits per heavy atom. The number of aliphatic hydroxyl groups excluding tert-OH is 1. The zero-order valence-corrected chi connectivity index (χ0v) is 28.2. The van der Waals surface area contributed by atoms with E-state index in [2.05, 4.69) is 20.2 Å². The summed E-state index contributed by atoms with van der Waals surface area (Å²) >= 11 is 6.24. The molecule has 1 aromatic heterocycles. The summed E-state index contributed by atoms with van der Waals surface area (Å²) in [7, 11) is 1.52. The van der Waals surface area contributed by atoms with Crippen molar-refractivity contribution < 1.29 is 33.0 Å². The van der Waals surface area contributed by atoms with Crippen molar-refractivity contribution in [1.82, 2.24) is 24.9 Å². The molecule has 0 bridgehead atoms. The molecule has 2 amide bonds. The summed E-state index contributed by atoms with van der Waals surface area (Å²) in [5.41, 5.74) is -0.613. The lowest BCUT2D eigenvalue weighted by Gasteiger charge is -2.46. The van der Waals surface area contributed by atoms with Crippen LogP contribution >= 0.6 is 11.6 Å². The van der Waals surface area contributed by atoms with Crippen LogP contribution in [0.25, 0.3) is 11.3 Å². The molecule has 12 nitrogen and oxygen atoms in total. The number of rotatable bonds is 9. The molecule has 3 aromatic rings. The number of aliphatic hydroxyl groups is 1. The summed E-state index contributed by atoms with van der Waals surface area (Å²) in [6, 6.07) is 9.56. The number of carbonyl (C=O) groups excluding carboxylic acids is 2. The van der Waals surface area contributed by atoms with Gasteiger partial charge in [-0.1, -0.05) is 38.4 Å². The number of hydrogen-bond acceptors (Lipinski definition) is 10. The molecule has 0 aliphatic carbocycles. The van der Waals surface area contributed by atoms with Gasteiger partial charge in [-0.3, -0.25) is 19.5 Å². The highest BCUT2D eigenvalue weighted by molar-refractivity contribution is 6.31. The third-order valence-electron chi connectivity index (χ3n) is 8.27. The average Bonchev–Trinajstić information content (AvgIpc) is 3.06. The maximum Gasteiger partial charge on any atom is 0.277 e. The number of morpholine rings is 1. The van der Waals surface area contributed by atoms with E-state index in [4.69, 9.17) is 21.1 Å². The van der Waals surface area contributed by atoms with Crippen LogP contribution in [0.4, 0.5) is 14.5 Å². The van der Waals surface area contributed by atoms with E-state index in [1.165, 1.54) is 54.8 Å². The zero-order chi connectivity index (χ0) is 35.5. The smallest absolute Gasteiger partial charge is 0.277 e. The number of carbonyl (C=O) groups is 2. The molecule has 0 unspecified atom stereocenters. The van der Waals surface area contributed by atoms with Gasteiger partial charge in [-0.05, 0) is 29.7 Å². The van der Waals surface area contributed by atoms with Crippen LogP contribution < -0.4 is 10.1 Å². The quantitative estimate of drug-likeness (QED) is 0.302. The molecule has 2 aromatic carbocycles. The van der Waals surface area contributed by atoms with Crippen LogP contribution in [0.3, 0.4) is 0 Å². The lowest BCUT2D eigenvalue weighted by atomic mass is 9.82. The molecule has 2 aliphatic heterocycles. The van der Waals surface area contributed by atoms with Gasteiger partial charge < -0.3 is 19.9 Å². The molecule has 0 spiro atoms. The Bertz CT molecular complexity index is 1820. The molecule has 1 fully saturated rings. The Balaban J connectivity index is 1.42. The van der Waals surface area contributed by atoms with E-state index in [1.54, 1.807) is 20.8 Å². The average molecular weight is 696 g/mol. The number of nitrogens with one attached hydrogen (secondary N) is 1. The van der Waals surface area contributed by atoms with Gasteiger partial charge >= 0.3 is 0 Å². The van der Waals surface area contributed by atoms with Gasteiger partial charge in [0.05, 0.1) is 37.2 Å². The lowest BCUT2D eigenvalue weighted by Crippen LogP contribution is -2.59. The van der Waals surface area contributed by atoms with Crippen LogP contribution in [0.15, 0.2) is 54.1 Å². The van der Waals surface area contributed by atoms with Crippen molar-refractivity contribution in [3.63, 3.8) is 0 Å². The monoisotopic (exact) mass is 695 g/mol. The van der Waals surface area contributed by atoms with Crippen LogP contribution in [0.5, 0.6) is 5.75 Å². The molecular formula is C34H36ClF2N7O5. The van der Waals surface area contributed by atoms with Crippen molar-refractivity contribution in [1.29, 1.82) is 5.26 Å². The number of aromatic nitrogens is 2. The third-order valence-corrected chi connectivity index (χ3v) is 8.50.